The van der Waals surface area contributed by atoms with Crippen LogP contribution in [0.3, 0.4) is 0 Å². The minimum atomic E-state index is 0.308. The van der Waals surface area contributed by atoms with Crippen LogP contribution in [0.1, 0.15) is 26.3 Å². The molecule has 5 heteroatoms. The van der Waals surface area contributed by atoms with Gasteiger partial charge in [-0.1, -0.05) is 6.92 Å². The third-order valence-electron chi connectivity index (χ3n) is 3.46. The molecule has 108 valence electrons. The van der Waals surface area contributed by atoms with Crippen LogP contribution in [0.15, 0.2) is 24.4 Å². The topological polar surface area (TPSA) is 62.3 Å². The van der Waals surface area contributed by atoms with Crippen LogP contribution in [0.5, 0.6) is 11.5 Å². The smallest absolute Gasteiger partial charge is 0.128 e. The van der Waals surface area contributed by atoms with Gasteiger partial charge in [-0.25, -0.2) is 0 Å². The predicted molar refractivity (Wildman–Crippen MR) is 80.2 cm³/mol. The first kappa shape index (κ1) is 14.2. The number of aromatic nitrogens is 2. The average Bonchev–Trinajstić information content (AvgIpc) is 2.87. The molecule has 0 saturated carbocycles. The first-order chi connectivity index (χ1) is 9.60. The van der Waals surface area contributed by atoms with Crippen molar-refractivity contribution in [3.05, 3.63) is 24.4 Å². The number of rotatable bonds is 5. The molecule has 2 rings (SSSR count). The number of nitrogen functional groups attached to an aromatic ring is 1. The first-order valence-electron chi connectivity index (χ1n) is 6.67. The molecular weight excluding hydrogens is 254 g/mol. The van der Waals surface area contributed by atoms with E-state index < -0.39 is 0 Å². The van der Waals surface area contributed by atoms with Gasteiger partial charge in [-0.2, -0.15) is 5.10 Å². The Morgan fingerprint density at radius 2 is 2.05 bits per heavy atom. The molecule has 1 aromatic heterocycles. The molecule has 2 N–H and O–H groups in total. The quantitative estimate of drug-likeness (QED) is 0.910. The maximum absolute atomic E-state index is 6.10. The van der Waals surface area contributed by atoms with Gasteiger partial charge in [0.1, 0.15) is 17.2 Å². The molecule has 20 heavy (non-hydrogen) atoms. The van der Waals surface area contributed by atoms with Crippen molar-refractivity contribution in [1.29, 1.82) is 0 Å². The molecule has 0 saturated heterocycles. The lowest BCUT2D eigenvalue weighted by Gasteiger charge is -2.10. The minimum absolute atomic E-state index is 0.308. The van der Waals surface area contributed by atoms with Gasteiger partial charge in [0.2, 0.25) is 0 Å². The molecule has 0 radical (unpaired) electrons. The standard InChI is InChI=1S/C15H21N3O2/c1-5-10(2)18-9-13(16)15(17-18)12-8-11(19-3)6-7-14(12)20-4/h6-10H,5,16H2,1-4H3. The Morgan fingerprint density at radius 3 is 2.65 bits per heavy atom. The summed E-state index contributed by atoms with van der Waals surface area (Å²) in [5, 5.41) is 4.59. The van der Waals surface area contributed by atoms with Gasteiger partial charge in [0, 0.05) is 17.8 Å². The fraction of sp³-hybridized carbons (Fsp3) is 0.400. The lowest BCUT2D eigenvalue weighted by molar-refractivity contribution is 0.404. The van der Waals surface area contributed by atoms with E-state index in [4.69, 9.17) is 15.2 Å². The zero-order chi connectivity index (χ0) is 14.7. The van der Waals surface area contributed by atoms with Gasteiger partial charge in [0.05, 0.1) is 19.9 Å². The summed E-state index contributed by atoms with van der Waals surface area (Å²) in [6.07, 6.45) is 2.86. The van der Waals surface area contributed by atoms with Gasteiger partial charge < -0.3 is 15.2 Å². The Labute approximate surface area is 119 Å². The second-order valence-electron chi connectivity index (χ2n) is 4.74. The molecule has 0 aliphatic carbocycles. The van der Waals surface area contributed by atoms with E-state index >= 15 is 0 Å². The first-order valence-corrected chi connectivity index (χ1v) is 6.67. The van der Waals surface area contributed by atoms with E-state index in [0.717, 1.165) is 29.2 Å². The molecule has 2 aromatic rings. The van der Waals surface area contributed by atoms with Gasteiger partial charge in [-0.3, -0.25) is 4.68 Å². The predicted octanol–water partition coefficient (Wildman–Crippen LogP) is 3.12. The number of ether oxygens (including phenoxy) is 2. The molecule has 0 bridgehead atoms. The summed E-state index contributed by atoms with van der Waals surface area (Å²) in [6.45, 7) is 4.23. The van der Waals surface area contributed by atoms with Crippen LogP contribution in [0.25, 0.3) is 11.3 Å². The minimum Gasteiger partial charge on any atom is -0.497 e. The van der Waals surface area contributed by atoms with E-state index in [1.807, 2.05) is 29.1 Å². The zero-order valence-corrected chi connectivity index (χ0v) is 12.4. The number of nitrogens with two attached hydrogens (primary N) is 1. The van der Waals surface area contributed by atoms with E-state index in [9.17, 15) is 0 Å². The van der Waals surface area contributed by atoms with Crippen LogP contribution in [0.4, 0.5) is 5.69 Å². The van der Waals surface area contributed by atoms with Crippen molar-refractivity contribution in [2.24, 2.45) is 0 Å². The molecule has 0 aliphatic heterocycles. The van der Waals surface area contributed by atoms with Crippen molar-refractivity contribution < 1.29 is 9.47 Å². The van der Waals surface area contributed by atoms with Crippen molar-refractivity contribution in [1.82, 2.24) is 9.78 Å². The molecule has 1 heterocycles. The van der Waals surface area contributed by atoms with Gasteiger partial charge >= 0.3 is 0 Å². The van der Waals surface area contributed by atoms with Crippen LogP contribution >= 0.6 is 0 Å². The normalized spacial score (nSPS) is 12.2. The van der Waals surface area contributed by atoms with Crippen LogP contribution in [0.2, 0.25) is 0 Å². The van der Waals surface area contributed by atoms with Crippen LogP contribution in [-0.2, 0) is 0 Å². The average molecular weight is 275 g/mol. The highest BCUT2D eigenvalue weighted by molar-refractivity contribution is 5.77. The summed E-state index contributed by atoms with van der Waals surface area (Å²) in [4.78, 5) is 0. The van der Waals surface area contributed by atoms with E-state index in [2.05, 4.69) is 18.9 Å². The molecule has 0 spiro atoms. The van der Waals surface area contributed by atoms with Crippen molar-refractivity contribution in [2.75, 3.05) is 20.0 Å². The Balaban J connectivity index is 2.52. The van der Waals surface area contributed by atoms with Gasteiger partial charge in [0.25, 0.3) is 0 Å². The van der Waals surface area contributed by atoms with E-state index in [1.54, 1.807) is 14.2 Å². The highest BCUT2D eigenvalue weighted by Crippen LogP contribution is 2.36. The van der Waals surface area contributed by atoms with Crippen molar-refractivity contribution in [2.45, 2.75) is 26.3 Å². The van der Waals surface area contributed by atoms with E-state index in [1.165, 1.54) is 0 Å². The maximum atomic E-state index is 6.10. The fourth-order valence-corrected chi connectivity index (χ4v) is 2.03. The largest absolute Gasteiger partial charge is 0.497 e. The van der Waals surface area contributed by atoms with Gasteiger partial charge in [0.15, 0.2) is 0 Å². The number of nitrogens with zero attached hydrogens (tertiary/aromatic N) is 2. The molecule has 1 aromatic carbocycles. The van der Waals surface area contributed by atoms with E-state index in [-0.39, 0.29) is 0 Å². The molecule has 0 aliphatic rings. The second kappa shape index (κ2) is 5.86. The summed E-state index contributed by atoms with van der Waals surface area (Å²) < 4.78 is 12.5. The number of benzene rings is 1. The molecule has 1 unspecified atom stereocenters. The summed E-state index contributed by atoms with van der Waals surface area (Å²) in [6, 6.07) is 5.90. The molecular formula is C15H21N3O2. The lowest BCUT2D eigenvalue weighted by atomic mass is 10.1. The summed E-state index contributed by atoms with van der Waals surface area (Å²) in [7, 11) is 3.26. The molecule has 5 nitrogen and oxygen atoms in total. The Kier molecular flexibility index (Phi) is 4.17. The molecule has 0 fully saturated rings. The van der Waals surface area contributed by atoms with Crippen LogP contribution in [-0.4, -0.2) is 24.0 Å². The SMILES string of the molecule is CCC(C)n1cc(N)c(-c2cc(OC)ccc2OC)n1. The van der Waals surface area contributed by atoms with Crippen molar-refractivity contribution in [3.8, 4) is 22.8 Å². The third-order valence-corrected chi connectivity index (χ3v) is 3.46. The highest BCUT2D eigenvalue weighted by Gasteiger charge is 2.16. The van der Waals surface area contributed by atoms with Gasteiger partial charge in [-0.05, 0) is 31.5 Å². The van der Waals surface area contributed by atoms with E-state index in [0.29, 0.717) is 11.7 Å². The molecule has 0 amide bonds. The number of anilines is 1. The Morgan fingerprint density at radius 1 is 1.30 bits per heavy atom. The number of hydrogen-bond donors (Lipinski definition) is 1. The zero-order valence-electron chi connectivity index (χ0n) is 12.4. The maximum Gasteiger partial charge on any atom is 0.128 e. The number of hydrogen-bond acceptors (Lipinski definition) is 4. The summed E-state index contributed by atoms with van der Waals surface area (Å²) >= 11 is 0. The summed E-state index contributed by atoms with van der Waals surface area (Å²) in [5.74, 6) is 1.48. The Hall–Kier alpha value is -2.17. The van der Waals surface area contributed by atoms with Crippen molar-refractivity contribution in [3.63, 3.8) is 0 Å². The fourth-order valence-electron chi connectivity index (χ4n) is 2.03. The van der Waals surface area contributed by atoms with Crippen LogP contribution < -0.4 is 15.2 Å². The lowest BCUT2D eigenvalue weighted by Crippen LogP contribution is -2.04. The number of methoxy groups -OCH3 is 2. The molecule has 1 atom stereocenters. The highest BCUT2D eigenvalue weighted by atomic mass is 16.5. The van der Waals surface area contributed by atoms with Gasteiger partial charge in [-0.15, -0.1) is 0 Å². The second-order valence-corrected chi connectivity index (χ2v) is 4.74. The summed E-state index contributed by atoms with van der Waals surface area (Å²) in [5.41, 5.74) is 8.30. The third kappa shape index (κ3) is 2.57. The van der Waals surface area contributed by atoms with Crippen LogP contribution in [0, 0.1) is 0 Å². The van der Waals surface area contributed by atoms with Crippen molar-refractivity contribution >= 4 is 5.69 Å². The Bertz CT molecular complexity index is 593. The monoisotopic (exact) mass is 275 g/mol.